The lowest BCUT2D eigenvalue weighted by molar-refractivity contribution is -0.384. The minimum absolute atomic E-state index is 0.0403. The van der Waals surface area contributed by atoms with Crippen LogP contribution in [-0.4, -0.2) is 38.8 Å². The number of aryl methyl sites for hydroxylation is 1. The third-order valence-corrected chi connectivity index (χ3v) is 5.54. The number of non-ortho nitro benzene ring substituents is 1. The van der Waals surface area contributed by atoms with E-state index in [-0.39, 0.29) is 5.69 Å². The van der Waals surface area contributed by atoms with E-state index in [9.17, 15) is 10.1 Å². The average molecular weight is 415 g/mol. The summed E-state index contributed by atoms with van der Waals surface area (Å²) >= 11 is 0. The second-order valence-electron chi connectivity index (χ2n) is 7.56. The molecule has 31 heavy (non-hydrogen) atoms. The van der Waals surface area contributed by atoms with E-state index in [1.165, 1.54) is 25.0 Å². The molecule has 2 aromatic heterocycles. The van der Waals surface area contributed by atoms with Crippen molar-refractivity contribution in [1.29, 1.82) is 0 Å². The molecule has 1 saturated heterocycles. The highest BCUT2D eigenvalue weighted by molar-refractivity contribution is 5.96. The maximum Gasteiger partial charge on any atom is 0.269 e. The molecule has 0 bridgehead atoms. The average Bonchev–Trinajstić information content (AvgIpc) is 3.42. The lowest BCUT2D eigenvalue weighted by Gasteiger charge is -2.19. The third-order valence-electron chi connectivity index (χ3n) is 5.54. The molecule has 9 heteroatoms. The van der Waals surface area contributed by atoms with Crippen LogP contribution in [0.5, 0.6) is 0 Å². The van der Waals surface area contributed by atoms with Crippen LogP contribution in [0.2, 0.25) is 0 Å². The van der Waals surface area contributed by atoms with Gasteiger partial charge in [0.15, 0.2) is 5.65 Å². The summed E-state index contributed by atoms with van der Waals surface area (Å²) in [5, 5.41) is 20.9. The maximum atomic E-state index is 10.8. The van der Waals surface area contributed by atoms with E-state index in [0.29, 0.717) is 5.69 Å². The molecular formula is C22H21N7O2. The van der Waals surface area contributed by atoms with E-state index in [1.807, 2.05) is 23.6 Å². The summed E-state index contributed by atoms with van der Waals surface area (Å²) in [6, 6.07) is 14.3. The van der Waals surface area contributed by atoms with Crippen molar-refractivity contribution in [3.63, 3.8) is 0 Å². The van der Waals surface area contributed by atoms with Gasteiger partial charge in [-0.2, -0.15) is 10.2 Å². The standard InChI is InChI=1S/C22H21N7O2/c1-15-19(14-23-25-16-8-10-17(11-9-16)29(30)31)22-24-21(27-12-4-5-13-27)18-6-2-3-7-20(18)28(22)26-15/h2-3,6-11,14,25H,4-5,12-13H2,1H3. The number of anilines is 2. The summed E-state index contributed by atoms with van der Waals surface area (Å²) < 4.78 is 1.87. The highest BCUT2D eigenvalue weighted by Crippen LogP contribution is 2.30. The van der Waals surface area contributed by atoms with Crippen molar-refractivity contribution in [2.24, 2.45) is 5.10 Å². The van der Waals surface area contributed by atoms with Crippen molar-refractivity contribution in [2.45, 2.75) is 19.8 Å². The topological polar surface area (TPSA) is 101 Å². The Labute approximate surface area is 178 Å². The van der Waals surface area contributed by atoms with Gasteiger partial charge in [0, 0.05) is 30.6 Å². The van der Waals surface area contributed by atoms with Crippen LogP contribution in [-0.2, 0) is 0 Å². The van der Waals surface area contributed by atoms with Gasteiger partial charge in [-0.25, -0.2) is 9.50 Å². The molecule has 3 heterocycles. The zero-order chi connectivity index (χ0) is 21.4. The number of rotatable bonds is 5. The van der Waals surface area contributed by atoms with Gasteiger partial charge in [-0.1, -0.05) is 12.1 Å². The molecule has 0 atom stereocenters. The summed E-state index contributed by atoms with van der Waals surface area (Å²) in [6.07, 6.45) is 4.05. The van der Waals surface area contributed by atoms with Gasteiger partial charge in [-0.15, -0.1) is 0 Å². The Morgan fingerprint density at radius 1 is 1.13 bits per heavy atom. The van der Waals surface area contributed by atoms with Gasteiger partial charge in [0.1, 0.15) is 5.82 Å². The van der Waals surface area contributed by atoms with Gasteiger partial charge in [-0.05, 0) is 44.0 Å². The van der Waals surface area contributed by atoms with Gasteiger partial charge in [0.25, 0.3) is 5.69 Å². The summed E-state index contributed by atoms with van der Waals surface area (Å²) in [5.74, 6) is 0.985. The van der Waals surface area contributed by atoms with Crippen LogP contribution in [0.3, 0.4) is 0 Å². The summed E-state index contributed by atoms with van der Waals surface area (Å²) in [6.45, 7) is 3.95. The fraction of sp³-hybridized carbons (Fsp3) is 0.227. The molecule has 2 aromatic carbocycles. The molecule has 9 nitrogen and oxygen atoms in total. The van der Waals surface area contributed by atoms with Crippen LogP contribution in [0.4, 0.5) is 17.2 Å². The molecule has 1 N–H and O–H groups in total. The quantitative estimate of drug-likeness (QED) is 0.299. The van der Waals surface area contributed by atoms with Gasteiger partial charge in [-0.3, -0.25) is 15.5 Å². The number of aromatic nitrogens is 3. The summed E-state index contributed by atoms with van der Waals surface area (Å²) in [5.41, 5.74) is 7.05. The number of fused-ring (bicyclic) bond motifs is 3. The minimum atomic E-state index is -0.427. The number of hydrazone groups is 1. The van der Waals surface area contributed by atoms with Gasteiger partial charge in [0.2, 0.25) is 0 Å². The van der Waals surface area contributed by atoms with Crippen molar-refractivity contribution in [3.05, 3.63) is 69.9 Å². The SMILES string of the molecule is Cc1nn2c(nc(N3CCCC3)c3ccccc32)c1C=NNc1ccc([N+](=O)[O-])cc1. The highest BCUT2D eigenvalue weighted by Gasteiger charge is 2.20. The number of nitrogens with one attached hydrogen (secondary N) is 1. The Morgan fingerprint density at radius 3 is 2.61 bits per heavy atom. The fourth-order valence-corrected chi connectivity index (χ4v) is 3.96. The van der Waals surface area contributed by atoms with Crippen molar-refractivity contribution < 1.29 is 4.92 Å². The van der Waals surface area contributed by atoms with Crippen molar-refractivity contribution >= 4 is 40.0 Å². The van der Waals surface area contributed by atoms with Crippen molar-refractivity contribution in [2.75, 3.05) is 23.4 Å². The Kier molecular flexibility index (Phi) is 4.70. The molecule has 0 amide bonds. The monoisotopic (exact) mass is 415 g/mol. The number of nitro groups is 1. The predicted molar refractivity (Wildman–Crippen MR) is 121 cm³/mol. The molecule has 0 unspecified atom stereocenters. The van der Waals surface area contributed by atoms with Crippen LogP contribution in [0, 0.1) is 17.0 Å². The molecule has 0 radical (unpaired) electrons. The second kappa shape index (κ2) is 7.67. The number of hydrogen-bond donors (Lipinski definition) is 1. The number of hydrogen-bond acceptors (Lipinski definition) is 7. The Balaban J connectivity index is 1.53. The molecule has 4 aromatic rings. The predicted octanol–water partition coefficient (Wildman–Crippen LogP) is 4.15. The first-order chi connectivity index (χ1) is 15.1. The first-order valence-electron chi connectivity index (χ1n) is 10.2. The zero-order valence-corrected chi connectivity index (χ0v) is 17.0. The van der Waals surface area contributed by atoms with Gasteiger partial charge in [0.05, 0.1) is 33.6 Å². The normalized spacial score (nSPS) is 14.2. The largest absolute Gasteiger partial charge is 0.356 e. The molecule has 0 saturated carbocycles. The third kappa shape index (κ3) is 3.43. The Hall–Kier alpha value is -4.01. The van der Waals surface area contributed by atoms with Crippen LogP contribution in [0.15, 0.2) is 53.6 Å². The fourth-order valence-electron chi connectivity index (χ4n) is 3.96. The van der Waals surface area contributed by atoms with E-state index >= 15 is 0 Å². The second-order valence-corrected chi connectivity index (χ2v) is 7.56. The molecule has 5 rings (SSSR count). The molecular weight excluding hydrogens is 394 g/mol. The maximum absolute atomic E-state index is 10.8. The van der Waals surface area contributed by atoms with Crippen molar-refractivity contribution in [3.8, 4) is 0 Å². The summed E-state index contributed by atoms with van der Waals surface area (Å²) in [4.78, 5) is 17.7. The number of nitro benzene ring substituents is 1. The van der Waals surface area contributed by atoms with E-state index < -0.39 is 4.92 Å². The number of para-hydroxylation sites is 1. The van der Waals surface area contributed by atoms with Crippen molar-refractivity contribution in [1.82, 2.24) is 14.6 Å². The number of nitrogens with zero attached hydrogens (tertiary/aromatic N) is 6. The lowest BCUT2D eigenvalue weighted by atomic mass is 10.2. The van der Waals surface area contributed by atoms with Crippen LogP contribution in [0.1, 0.15) is 24.1 Å². The molecule has 0 aliphatic carbocycles. The van der Waals surface area contributed by atoms with E-state index in [2.05, 4.69) is 27.6 Å². The van der Waals surface area contributed by atoms with Crippen LogP contribution in [0.25, 0.3) is 16.6 Å². The van der Waals surface area contributed by atoms with Crippen LogP contribution >= 0.6 is 0 Å². The molecule has 156 valence electrons. The van der Waals surface area contributed by atoms with E-state index in [4.69, 9.17) is 10.1 Å². The lowest BCUT2D eigenvalue weighted by Crippen LogP contribution is -2.20. The molecule has 1 aliphatic heterocycles. The highest BCUT2D eigenvalue weighted by atomic mass is 16.6. The Bertz CT molecular complexity index is 1310. The smallest absolute Gasteiger partial charge is 0.269 e. The van der Waals surface area contributed by atoms with Crippen LogP contribution < -0.4 is 10.3 Å². The van der Waals surface area contributed by atoms with Gasteiger partial charge < -0.3 is 4.90 Å². The first-order valence-corrected chi connectivity index (χ1v) is 10.2. The van der Waals surface area contributed by atoms with E-state index in [0.717, 1.165) is 46.7 Å². The number of benzene rings is 2. The molecule has 0 spiro atoms. The minimum Gasteiger partial charge on any atom is -0.356 e. The first kappa shape index (κ1) is 19.0. The Morgan fingerprint density at radius 2 is 1.87 bits per heavy atom. The zero-order valence-electron chi connectivity index (χ0n) is 17.0. The van der Waals surface area contributed by atoms with E-state index in [1.54, 1.807) is 18.3 Å². The van der Waals surface area contributed by atoms with Gasteiger partial charge >= 0.3 is 0 Å². The molecule has 1 aliphatic rings. The molecule has 1 fully saturated rings. The summed E-state index contributed by atoms with van der Waals surface area (Å²) in [7, 11) is 0.